The van der Waals surface area contributed by atoms with Gasteiger partial charge in [-0.05, 0) is 109 Å². The van der Waals surface area contributed by atoms with Crippen molar-refractivity contribution in [1.82, 2.24) is 0 Å². The molecule has 4 aliphatic carbocycles. The largest absolute Gasteiger partial charge is 0.491 e. The number of carbonyl (C=O) groups is 2. The maximum absolute atomic E-state index is 13.0. The van der Waals surface area contributed by atoms with Gasteiger partial charge in [-0.25, -0.2) is 0 Å². The van der Waals surface area contributed by atoms with Crippen molar-refractivity contribution < 1.29 is 38.4 Å². The van der Waals surface area contributed by atoms with Crippen molar-refractivity contribution in [2.45, 2.75) is 149 Å². The zero-order valence-electron chi connectivity index (χ0n) is 35.2. The van der Waals surface area contributed by atoms with Crippen molar-refractivity contribution in [1.29, 1.82) is 0 Å². The summed E-state index contributed by atoms with van der Waals surface area (Å²) < 4.78 is 27.2. The summed E-state index contributed by atoms with van der Waals surface area (Å²) in [5.74, 6) is 1.95. The van der Waals surface area contributed by atoms with E-state index in [1.807, 2.05) is 12.1 Å². The number of aliphatic hydroxyl groups excluding tert-OH is 1. The van der Waals surface area contributed by atoms with E-state index in [0.29, 0.717) is 23.7 Å². The first kappa shape index (κ1) is 41.2. The average Bonchev–Trinajstić information content (AvgIpc) is 3.64. The van der Waals surface area contributed by atoms with Crippen LogP contribution >= 0.6 is 0 Å². The first-order valence-electron chi connectivity index (χ1n) is 21.2. The van der Waals surface area contributed by atoms with Crippen LogP contribution in [0.2, 0.25) is 5.04 Å². The van der Waals surface area contributed by atoms with Gasteiger partial charge in [-0.15, -0.1) is 0 Å². The Bertz CT molecular complexity index is 1750. The van der Waals surface area contributed by atoms with Crippen LogP contribution in [-0.2, 0) is 28.2 Å². The molecule has 4 saturated carbocycles. The molecule has 7 rings (SSSR count). The third-order valence-electron chi connectivity index (χ3n) is 15.5. The molecule has 0 spiro atoms. The van der Waals surface area contributed by atoms with Crippen LogP contribution in [-0.4, -0.2) is 67.1 Å². The van der Waals surface area contributed by atoms with Crippen molar-refractivity contribution >= 4 is 30.6 Å². The summed E-state index contributed by atoms with van der Waals surface area (Å²) >= 11 is 0. The van der Waals surface area contributed by atoms with Crippen LogP contribution in [0, 0.1) is 40.4 Å². The van der Waals surface area contributed by atoms with Gasteiger partial charge < -0.3 is 28.8 Å². The summed E-state index contributed by atoms with van der Waals surface area (Å²) in [6, 6.07) is 21.0. The second-order valence-electron chi connectivity index (χ2n) is 19.9. The minimum absolute atomic E-state index is 0.00219. The van der Waals surface area contributed by atoms with E-state index in [1.54, 1.807) is 6.92 Å². The first-order chi connectivity index (χ1) is 26.4. The fourth-order valence-electron chi connectivity index (χ4n) is 13.0. The van der Waals surface area contributed by atoms with E-state index >= 15 is 0 Å². The molecule has 9 heteroatoms. The minimum atomic E-state index is -3.11. The number of hydrogen-bond acceptors (Lipinski definition) is 8. The summed E-state index contributed by atoms with van der Waals surface area (Å²) in [5.41, 5.74) is -0.590. The second-order valence-corrected chi connectivity index (χ2v) is 24.2. The van der Waals surface area contributed by atoms with Crippen molar-refractivity contribution in [3.05, 3.63) is 72.0 Å². The van der Waals surface area contributed by atoms with Gasteiger partial charge in [-0.1, -0.05) is 95.3 Å². The fraction of sp³-hybridized carbons (Fsp3) is 0.660. The number of fused-ring (bicyclic) bond motifs is 7. The summed E-state index contributed by atoms with van der Waals surface area (Å²) in [6.07, 6.45) is 5.79. The molecule has 0 aromatic heterocycles. The molecule has 0 saturated heterocycles. The molecule has 306 valence electrons. The highest BCUT2D eigenvalue weighted by Crippen LogP contribution is 2.70. The topological polar surface area (TPSA) is 112 Å². The van der Waals surface area contributed by atoms with Gasteiger partial charge in [0.15, 0.2) is 0 Å². The molecule has 1 aliphatic heterocycles. The summed E-state index contributed by atoms with van der Waals surface area (Å²) in [5, 5.41) is 24.0. The molecule has 0 unspecified atom stereocenters. The molecular weight excluding hydrogens is 721 g/mol. The molecule has 0 bridgehead atoms. The lowest BCUT2D eigenvalue weighted by atomic mass is 9.44. The van der Waals surface area contributed by atoms with Gasteiger partial charge in [0.2, 0.25) is 0 Å². The van der Waals surface area contributed by atoms with Gasteiger partial charge in [0, 0.05) is 31.6 Å². The molecule has 2 N–H and O–H groups in total. The highest BCUT2D eigenvalue weighted by atomic mass is 28.4. The number of benzene rings is 2. The van der Waals surface area contributed by atoms with E-state index in [0.717, 1.165) is 66.7 Å². The normalized spacial score (nSPS) is 35.6. The van der Waals surface area contributed by atoms with Crippen molar-refractivity contribution in [2.24, 2.45) is 40.4 Å². The molecule has 12 atom stereocenters. The van der Waals surface area contributed by atoms with E-state index in [4.69, 9.17) is 18.6 Å². The number of hydrogen-bond donors (Lipinski definition) is 2. The molecule has 2 aromatic rings. The van der Waals surface area contributed by atoms with Crippen LogP contribution in [0.25, 0.3) is 0 Å². The van der Waals surface area contributed by atoms with E-state index in [2.05, 4.69) is 90.1 Å². The molecule has 8 nitrogen and oxygen atoms in total. The van der Waals surface area contributed by atoms with Crippen LogP contribution in [0.3, 0.4) is 0 Å². The highest BCUT2D eigenvalue weighted by molar-refractivity contribution is 6.99. The van der Waals surface area contributed by atoms with Gasteiger partial charge >= 0.3 is 11.9 Å². The summed E-state index contributed by atoms with van der Waals surface area (Å²) in [7, 11) is -3.11. The molecular formula is C47H66O8Si. The first-order valence-corrected chi connectivity index (χ1v) is 23.1. The number of aliphatic hydroxyl groups is 2. The maximum atomic E-state index is 13.0. The van der Waals surface area contributed by atoms with Gasteiger partial charge in [-0.2, -0.15) is 0 Å². The minimum Gasteiger partial charge on any atom is -0.491 e. The maximum Gasteiger partial charge on any atom is 0.302 e. The Labute approximate surface area is 335 Å². The van der Waals surface area contributed by atoms with E-state index < -0.39 is 26.6 Å². The Balaban J connectivity index is 1.29. The van der Waals surface area contributed by atoms with Crippen LogP contribution in [0.1, 0.15) is 114 Å². The lowest BCUT2D eigenvalue weighted by Gasteiger charge is -2.62. The zero-order valence-corrected chi connectivity index (χ0v) is 36.2. The Morgan fingerprint density at radius 2 is 1.48 bits per heavy atom. The van der Waals surface area contributed by atoms with Gasteiger partial charge in [0.1, 0.15) is 30.2 Å². The Hall–Kier alpha value is -2.98. The number of ether oxygens (including phenoxy) is 3. The smallest absolute Gasteiger partial charge is 0.302 e. The molecule has 4 fully saturated rings. The van der Waals surface area contributed by atoms with Gasteiger partial charge in [0.05, 0.1) is 12.2 Å². The molecule has 56 heavy (non-hydrogen) atoms. The molecule has 0 amide bonds. The Kier molecular flexibility index (Phi) is 11.0. The summed E-state index contributed by atoms with van der Waals surface area (Å²) in [4.78, 5) is 24.9. The van der Waals surface area contributed by atoms with E-state index in [1.165, 1.54) is 13.8 Å². The summed E-state index contributed by atoms with van der Waals surface area (Å²) in [6.45, 7) is 18.0. The lowest BCUT2D eigenvalue weighted by molar-refractivity contribution is -0.193. The molecule has 1 heterocycles. The lowest BCUT2D eigenvalue weighted by Crippen LogP contribution is -2.68. The van der Waals surface area contributed by atoms with Gasteiger partial charge in [-0.3, -0.25) is 9.59 Å². The van der Waals surface area contributed by atoms with Crippen LogP contribution in [0.4, 0.5) is 0 Å². The second kappa shape index (κ2) is 15.0. The zero-order chi connectivity index (χ0) is 40.4. The van der Waals surface area contributed by atoms with Crippen LogP contribution in [0.15, 0.2) is 72.0 Å². The predicted molar refractivity (Wildman–Crippen MR) is 219 cm³/mol. The van der Waals surface area contributed by atoms with Crippen molar-refractivity contribution in [3.8, 4) is 0 Å². The number of esters is 2. The number of carbonyl (C=O) groups excluding carboxylic acids is 2. The predicted octanol–water partition coefficient (Wildman–Crippen LogP) is 7.48. The van der Waals surface area contributed by atoms with E-state index in [-0.39, 0.29) is 58.5 Å². The monoisotopic (exact) mass is 786 g/mol. The third kappa shape index (κ3) is 6.90. The quantitative estimate of drug-likeness (QED) is 0.189. The molecule has 0 radical (unpaired) electrons. The standard InChI is InChI=1S/C47H66O8Si/c1-29-42-39(25-38-36-21-20-32-24-33(52-30(2)49)22-23-46(32,8)37(36)26-41(47(38,42)9)53-31(3)50)54-43(29)40(27-45(7,51)28-48)55-56(44(4,5)6,34-16-12-10-13-17-34)35-18-14-11-15-19-35/h10-19,32-33,36-42,48,51H,20-28H2,1-9H3/t32-,33-,36+,37-,38-,39-,40+,41+,42-,45-,46-,47+/m0/s1. The highest BCUT2D eigenvalue weighted by Gasteiger charge is 2.69. The Morgan fingerprint density at radius 1 is 0.875 bits per heavy atom. The van der Waals surface area contributed by atoms with Crippen molar-refractivity contribution in [3.63, 3.8) is 0 Å². The van der Waals surface area contributed by atoms with E-state index in [9.17, 15) is 19.8 Å². The SMILES string of the molecule is CC(=O)O[C@H]1CC[C@@]2(C)[C@@H](CC[C@@H]3[C@@H]2C[C@@H](OC(C)=O)[C@@]2(C)[C@H]3C[C@@H]3OC([C@@H](C[C@](C)(O)CO)O[Si](c4ccccc4)(c4ccccc4)C(C)(C)C)=C(C)[C@@H]32)C1. The van der Waals surface area contributed by atoms with Gasteiger partial charge in [0.25, 0.3) is 8.32 Å². The number of rotatable bonds is 10. The van der Waals surface area contributed by atoms with Crippen LogP contribution < -0.4 is 10.4 Å². The molecule has 2 aromatic carbocycles. The third-order valence-corrected chi connectivity index (χ3v) is 20.5. The van der Waals surface area contributed by atoms with Crippen LogP contribution in [0.5, 0.6) is 0 Å². The average molecular weight is 787 g/mol. The fourth-order valence-corrected chi connectivity index (χ4v) is 17.7. The Morgan fingerprint density at radius 3 is 2.04 bits per heavy atom. The van der Waals surface area contributed by atoms with Crippen molar-refractivity contribution in [2.75, 3.05) is 6.61 Å². The molecule has 5 aliphatic rings.